The van der Waals surface area contributed by atoms with Gasteiger partial charge in [-0.2, -0.15) is 0 Å². The van der Waals surface area contributed by atoms with Crippen molar-refractivity contribution in [2.45, 2.75) is 19.4 Å². The average molecular weight is 305 g/mol. The highest BCUT2D eigenvalue weighted by Crippen LogP contribution is 2.15. The number of para-hydroxylation sites is 1. The first-order valence-electron chi connectivity index (χ1n) is 8.07. The van der Waals surface area contributed by atoms with Gasteiger partial charge in [-0.05, 0) is 25.6 Å². The molecule has 1 heterocycles. The van der Waals surface area contributed by atoms with Crippen molar-refractivity contribution in [3.63, 3.8) is 0 Å². The van der Waals surface area contributed by atoms with Crippen LogP contribution in [0.5, 0.6) is 0 Å². The molecule has 0 unspecified atom stereocenters. The second-order valence-corrected chi connectivity index (χ2v) is 5.91. The number of benzene rings is 1. The largest absolute Gasteiger partial charge is 0.480 e. The van der Waals surface area contributed by atoms with Crippen molar-refractivity contribution in [2.24, 2.45) is 0 Å². The fourth-order valence-corrected chi connectivity index (χ4v) is 3.00. The van der Waals surface area contributed by atoms with Crippen LogP contribution in [0.25, 0.3) is 0 Å². The van der Waals surface area contributed by atoms with Gasteiger partial charge in [-0.3, -0.25) is 14.6 Å². The van der Waals surface area contributed by atoms with E-state index in [0.717, 1.165) is 39.3 Å². The molecule has 22 heavy (non-hydrogen) atoms. The van der Waals surface area contributed by atoms with Crippen molar-refractivity contribution in [1.82, 2.24) is 9.80 Å². The summed E-state index contributed by atoms with van der Waals surface area (Å²) < 4.78 is 0. The van der Waals surface area contributed by atoms with Crippen LogP contribution < -0.4 is 4.90 Å². The van der Waals surface area contributed by atoms with Crippen LogP contribution in [0.15, 0.2) is 30.3 Å². The van der Waals surface area contributed by atoms with Crippen LogP contribution in [0, 0.1) is 0 Å². The predicted molar refractivity (Wildman–Crippen MR) is 89.4 cm³/mol. The first kappa shape index (κ1) is 16.8. The molecule has 0 saturated carbocycles. The number of aliphatic carboxylic acids is 1. The molecule has 5 heteroatoms. The highest BCUT2D eigenvalue weighted by atomic mass is 16.4. The van der Waals surface area contributed by atoms with Crippen LogP contribution in [0.3, 0.4) is 0 Å². The molecule has 0 aliphatic carbocycles. The van der Waals surface area contributed by atoms with E-state index in [1.807, 2.05) is 24.9 Å². The van der Waals surface area contributed by atoms with E-state index >= 15 is 0 Å². The maximum absolute atomic E-state index is 11.2. The van der Waals surface area contributed by atoms with E-state index in [-0.39, 0.29) is 6.04 Å². The second-order valence-electron chi connectivity index (χ2n) is 5.91. The zero-order chi connectivity index (χ0) is 15.9. The number of anilines is 1. The molecule has 0 bridgehead atoms. The lowest BCUT2D eigenvalue weighted by molar-refractivity contribution is -0.142. The number of hydrogen-bond donors (Lipinski definition) is 1. The minimum atomic E-state index is -0.723. The first-order valence-corrected chi connectivity index (χ1v) is 8.07. The molecule has 2 rings (SSSR count). The van der Waals surface area contributed by atoms with E-state index in [1.165, 1.54) is 5.69 Å². The number of piperazine rings is 1. The third-order valence-corrected chi connectivity index (χ3v) is 4.47. The van der Waals surface area contributed by atoms with Crippen LogP contribution >= 0.6 is 0 Å². The lowest BCUT2D eigenvalue weighted by atomic mass is 10.2. The molecular weight excluding hydrogens is 278 g/mol. The number of nitrogens with zero attached hydrogens (tertiary/aromatic N) is 3. The summed E-state index contributed by atoms with van der Waals surface area (Å²) in [5.74, 6) is -0.723. The summed E-state index contributed by atoms with van der Waals surface area (Å²) in [6, 6.07) is 10.1. The summed E-state index contributed by atoms with van der Waals surface area (Å²) in [5, 5.41) is 9.18. The van der Waals surface area contributed by atoms with Crippen LogP contribution in [-0.4, -0.2) is 73.2 Å². The molecule has 0 aromatic heterocycles. The predicted octanol–water partition coefficient (Wildman–Crippen LogP) is 1.60. The number of carboxylic acid groups (broad SMARTS) is 1. The van der Waals surface area contributed by atoms with Gasteiger partial charge in [-0.15, -0.1) is 0 Å². The lowest BCUT2D eigenvalue weighted by Gasteiger charge is -2.37. The molecule has 0 radical (unpaired) electrons. The van der Waals surface area contributed by atoms with Gasteiger partial charge in [0.2, 0.25) is 0 Å². The summed E-state index contributed by atoms with van der Waals surface area (Å²) in [6.07, 6.45) is 0.646. The quantitative estimate of drug-likeness (QED) is 0.829. The molecular formula is C17H27N3O2. The Bertz CT molecular complexity index is 458. The van der Waals surface area contributed by atoms with Crippen LogP contribution in [-0.2, 0) is 4.79 Å². The van der Waals surface area contributed by atoms with Gasteiger partial charge in [-0.1, -0.05) is 25.1 Å². The standard InChI is InChI=1S/C17H27N3O2/c1-3-16(17(21)22)18(2)9-10-19-11-13-20(14-12-19)15-7-5-4-6-8-15/h4-8,16H,3,9-14H2,1-2H3,(H,21,22)/t16-/m1/s1. The Hall–Kier alpha value is -1.59. The van der Waals surface area contributed by atoms with Gasteiger partial charge in [0.1, 0.15) is 6.04 Å². The Morgan fingerprint density at radius 3 is 2.41 bits per heavy atom. The molecule has 122 valence electrons. The Kier molecular flexibility index (Phi) is 6.21. The van der Waals surface area contributed by atoms with Crippen LogP contribution in [0.1, 0.15) is 13.3 Å². The maximum Gasteiger partial charge on any atom is 0.320 e. The third-order valence-electron chi connectivity index (χ3n) is 4.47. The summed E-state index contributed by atoms with van der Waals surface area (Å²) in [5.41, 5.74) is 1.29. The van der Waals surface area contributed by atoms with Crippen molar-refractivity contribution in [3.05, 3.63) is 30.3 Å². The van der Waals surface area contributed by atoms with Gasteiger partial charge in [0.05, 0.1) is 0 Å². The fourth-order valence-electron chi connectivity index (χ4n) is 3.00. The zero-order valence-corrected chi connectivity index (χ0v) is 13.6. The molecule has 1 aliphatic heterocycles. The fraction of sp³-hybridized carbons (Fsp3) is 0.588. The van der Waals surface area contributed by atoms with Crippen molar-refractivity contribution in [1.29, 1.82) is 0 Å². The van der Waals surface area contributed by atoms with E-state index < -0.39 is 5.97 Å². The molecule has 1 aliphatic rings. The Labute approximate surface area is 133 Å². The van der Waals surface area contributed by atoms with E-state index in [1.54, 1.807) is 0 Å². The summed E-state index contributed by atoms with van der Waals surface area (Å²) in [7, 11) is 1.91. The van der Waals surface area contributed by atoms with Crippen molar-refractivity contribution < 1.29 is 9.90 Å². The third kappa shape index (κ3) is 4.45. The van der Waals surface area contributed by atoms with Gasteiger partial charge >= 0.3 is 5.97 Å². The van der Waals surface area contributed by atoms with Crippen LogP contribution in [0.2, 0.25) is 0 Å². The Morgan fingerprint density at radius 1 is 1.23 bits per heavy atom. The smallest absolute Gasteiger partial charge is 0.320 e. The molecule has 1 atom stereocenters. The molecule has 1 saturated heterocycles. The van der Waals surface area contributed by atoms with E-state index in [2.05, 4.69) is 34.1 Å². The van der Waals surface area contributed by atoms with Gasteiger partial charge in [-0.25, -0.2) is 0 Å². The van der Waals surface area contributed by atoms with Gasteiger partial charge < -0.3 is 10.0 Å². The minimum absolute atomic E-state index is 0.370. The Balaban J connectivity index is 1.75. The second kappa shape index (κ2) is 8.15. The molecule has 0 spiro atoms. The topological polar surface area (TPSA) is 47.0 Å². The average Bonchev–Trinajstić information content (AvgIpc) is 2.54. The molecule has 1 N–H and O–H groups in total. The molecule has 1 aromatic carbocycles. The first-order chi connectivity index (χ1) is 10.6. The van der Waals surface area contributed by atoms with Crippen LogP contribution in [0.4, 0.5) is 5.69 Å². The summed E-state index contributed by atoms with van der Waals surface area (Å²) in [6.45, 7) is 7.79. The number of carbonyl (C=O) groups is 1. The normalized spacial score (nSPS) is 17.7. The zero-order valence-electron chi connectivity index (χ0n) is 13.6. The molecule has 0 amide bonds. The van der Waals surface area contributed by atoms with E-state index in [9.17, 15) is 9.90 Å². The number of rotatable bonds is 7. The lowest BCUT2D eigenvalue weighted by Crippen LogP contribution is -2.49. The Morgan fingerprint density at radius 2 is 1.86 bits per heavy atom. The number of carboxylic acids is 1. The highest BCUT2D eigenvalue weighted by molar-refractivity contribution is 5.73. The SMILES string of the molecule is CC[C@H](C(=O)O)N(C)CCN1CCN(c2ccccc2)CC1. The number of hydrogen-bond acceptors (Lipinski definition) is 4. The molecule has 1 fully saturated rings. The minimum Gasteiger partial charge on any atom is -0.480 e. The van der Waals surface area contributed by atoms with Crippen molar-refractivity contribution in [3.8, 4) is 0 Å². The summed E-state index contributed by atoms with van der Waals surface area (Å²) >= 11 is 0. The van der Waals surface area contributed by atoms with Gasteiger partial charge in [0.15, 0.2) is 0 Å². The monoisotopic (exact) mass is 305 g/mol. The van der Waals surface area contributed by atoms with Crippen molar-refractivity contribution >= 4 is 11.7 Å². The van der Waals surface area contributed by atoms with Gasteiger partial charge in [0, 0.05) is 45.0 Å². The van der Waals surface area contributed by atoms with Crippen molar-refractivity contribution in [2.75, 3.05) is 51.2 Å². The highest BCUT2D eigenvalue weighted by Gasteiger charge is 2.22. The summed E-state index contributed by atoms with van der Waals surface area (Å²) in [4.78, 5) is 17.9. The van der Waals surface area contributed by atoms with E-state index in [0.29, 0.717) is 6.42 Å². The maximum atomic E-state index is 11.2. The molecule has 5 nitrogen and oxygen atoms in total. The molecule has 1 aromatic rings. The number of likely N-dealkylation sites (N-methyl/N-ethyl adjacent to an activating group) is 1. The van der Waals surface area contributed by atoms with E-state index in [4.69, 9.17) is 0 Å². The van der Waals surface area contributed by atoms with Gasteiger partial charge in [0.25, 0.3) is 0 Å².